The summed E-state index contributed by atoms with van der Waals surface area (Å²) in [6, 6.07) is 1.88. The lowest BCUT2D eigenvalue weighted by Crippen LogP contribution is -2.36. The smallest absolute Gasteiger partial charge is 0.0468 e. The van der Waals surface area contributed by atoms with E-state index in [1.54, 1.807) is 6.20 Å². The Labute approximate surface area is 84.7 Å². The minimum absolute atomic E-state index is 0.0817. The first-order chi connectivity index (χ1) is 6.78. The number of anilines is 1. The first kappa shape index (κ1) is 9.46. The van der Waals surface area contributed by atoms with Crippen LogP contribution in [-0.2, 0) is 5.54 Å². The van der Waals surface area contributed by atoms with Crippen molar-refractivity contribution in [3.05, 3.63) is 24.0 Å². The van der Waals surface area contributed by atoms with Crippen LogP contribution in [0.3, 0.4) is 0 Å². The van der Waals surface area contributed by atoms with E-state index < -0.39 is 0 Å². The highest BCUT2D eigenvalue weighted by molar-refractivity contribution is 5.49. The molecule has 76 valence electrons. The Morgan fingerprint density at radius 1 is 1.64 bits per heavy atom. The molecular formula is C11H17N3. The standard InChI is InChI=1S/C11H17N3/c1-2-11(5-3-6-14-11)9-8-13-7-4-10(9)12/h4,7-8,14H,2-3,5-6H2,1H3,(H2,12,13). The van der Waals surface area contributed by atoms with Gasteiger partial charge in [-0.3, -0.25) is 4.98 Å². The molecule has 0 saturated carbocycles. The van der Waals surface area contributed by atoms with Crippen LogP contribution in [0.4, 0.5) is 5.69 Å². The molecule has 1 atom stereocenters. The molecule has 2 heterocycles. The maximum Gasteiger partial charge on any atom is 0.0468 e. The molecule has 0 aromatic carbocycles. The van der Waals surface area contributed by atoms with Crippen LogP contribution in [0.15, 0.2) is 18.5 Å². The number of pyridine rings is 1. The summed E-state index contributed by atoms with van der Waals surface area (Å²) >= 11 is 0. The maximum atomic E-state index is 5.98. The number of hydrogen-bond acceptors (Lipinski definition) is 3. The second-order valence-corrected chi connectivity index (χ2v) is 3.93. The van der Waals surface area contributed by atoms with E-state index in [1.165, 1.54) is 18.4 Å². The molecule has 1 unspecified atom stereocenters. The molecule has 0 spiro atoms. The summed E-state index contributed by atoms with van der Waals surface area (Å²) < 4.78 is 0. The van der Waals surface area contributed by atoms with E-state index in [1.807, 2.05) is 12.3 Å². The molecule has 0 aliphatic carbocycles. The fourth-order valence-electron chi connectivity index (χ4n) is 2.33. The summed E-state index contributed by atoms with van der Waals surface area (Å²) in [5.41, 5.74) is 8.09. The van der Waals surface area contributed by atoms with Crippen LogP contribution in [0.5, 0.6) is 0 Å². The summed E-state index contributed by atoms with van der Waals surface area (Å²) in [5, 5.41) is 3.56. The molecule has 1 aromatic heterocycles. The molecule has 1 aliphatic rings. The second-order valence-electron chi connectivity index (χ2n) is 3.93. The Kier molecular flexibility index (Phi) is 2.42. The van der Waals surface area contributed by atoms with Gasteiger partial charge in [0.1, 0.15) is 0 Å². The van der Waals surface area contributed by atoms with Crippen molar-refractivity contribution < 1.29 is 0 Å². The zero-order chi connectivity index (χ0) is 10.0. The Bertz CT molecular complexity index is 316. The van der Waals surface area contributed by atoms with Crippen LogP contribution in [0.2, 0.25) is 0 Å². The second kappa shape index (κ2) is 3.58. The number of aromatic nitrogens is 1. The van der Waals surface area contributed by atoms with Crippen molar-refractivity contribution in [1.29, 1.82) is 0 Å². The number of nitrogens with zero attached hydrogens (tertiary/aromatic N) is 1. The van der Waals surface area contributed by atoms with Crippen molar-refractivity contribution in [2.75, 3.05) is 12.3 Å². The number of nitrogen functional groups attached to an aromatic ring is 1. The largest absolute Gasteiger partial charge is 0.398 e. The summed E-state index contributed by atoms with van der Waals surface area (Å²) in [7, 11) is 0. The van der Waals surface area contributed by atoms with Gasteiger partial charge in [-0.15, -0.1) is 0 Å². The van der Waals surface area contributed by atoms with Crippen molar-refractivity contribution in [2.24, 2.45) is 0 Å². The fourth-order valence-corrected chi connectivity index (χ4v) is 2.33. The van der Waals surface area contributed by atoms with Crippen LogP contribution in [0.1, 0.15) is 31.7 Å². The Hall–Kier alpha value is -1.09. The van der Waals surface area contributed by atoms with E-state index in [4.69, 9.17) is 5.73 Å². The van der Waals surface area contributed by atoms with Gasteiger partial charge in [-0.2, -0.15) is 0 Å². The number of nitrogens with two attached hydrogens (primary N) is 1. The quantitative estimate of drug-likeness (QED) is 0.747. The minimum Gasteiger partial charge on any atom is -0.398 e. The van der Waals surface area contributed by atoms with Crippen molar-refractivity contribution in [2.45, 2.75) is 31.7 Å². The molecule has 3 nitrogen and oxygen atoms in total. The van der Waals surface area contributed by atoms with Gasteiger partial charge in [-0.05, 0) is 31.9 Å². The van der Waals surface area contributed by atoms with E-state index >= 15 is 0 Å². The van der Waals surface area contributed by atoms with E-state index in [0.717, 1.165) is 18.7 Å². The van der Waals surface area contributed by atoms with Gasteiger partial charge in [0.15, 0.2) is 0 Å². The van der Waals surface area contributed by atoms with Gasteiger partial charge in [0.25, 0.3) is 0 Å². The summed E-state index contributed by atoms with van der Waals surface area (Å²) in [6.45, 7) is 3.28. The van der Waals surface area contributed by atoms with Gasteiger partial charge in [-0.1, -0.05) is 6.92 Å². The molecule has 14 heavy (non-hydrogen) atoms. The maximum absolute atomic E-state index is 5.98. The third-order valence-corrected chi connectivity index (χ3v) is 3.22. The first-order valence-corrected chi connectivity index (χ1v) is 5.23. The molecular weight excluding hydrogens is 174 g/mol. The Balaban J connectivity index is 2.41. The molecule has 1 aliphatic heterocycles. The lowest BCUT2D eigenvalue weighted by molar-refractivity contribution is 0.376. The average Bonchev–Trinajstić information content (AvgIpc) is 2.68. The van der Waals surface area contributed by atoms with E-state index in [0.29, 0.717) is 0 Å². The molecule has 0 radical (unpaired) electrons. The molecule has 3 heteroatoms. The first-order valence-electron chi connectivity index (χ1n) is 5.23. The van der Waals surface area contributed by atoms with Crippen molar-refractivity contribution >= 4 is 5.69 Å². The molecule has 0 amide bonds. The SMILES string of the molecule is CCC1(c2cnccc2N)CCCN1. The van der Waals surface area contributed by atoms with Crippen LogP contribution < -0.4 is 11.1 Å². The van der Waals surface area contributed by atoms with Crippen LogP contribution in [0, 0.1) is 0 Å². The van der Waals surface area contributed by atoms with E-state index in [9.17, 15) is 0 Å². The predicted molar refractivity (Wildman–Crippen MR) is 57.9 cm³/mol. The van der Waals surface area contributed by atoms with Gasteiger partial charge < -0.3 is 11.1 Å². The predicted octanol–water partition coefficient (Wildman–Crippen LogP) is 1.65. The Morgan fingerprint density at radius 2 is 2.50 bits per heavy atom. The summed E-state index contributed by atoms with van der Waals surface area (Å²) in [6.07, 6.45) is 7.11. The highest BCUT2D eigenvalue weighted by Gasteiger charge is 2.34. The molecule has 0 bridgehead atoms. The van der Waals surface area contributed by atoms with E-state index in [-0.39, 0.29) is 5.54 Å². The average molecular weight is 191 g/mol. The molecule has 1 fully saturated rings. The number of hydrogen-bond donors (Lipinski definition) is 2. The van der Waals surface area contributed by atoms with Gasteiger partial charge in [0.05, 0.1) is 0 Å². The normalized spacial score (nSPS) is 26.6. The zero-order valence-electron chi connectivity index (χ0n) is 8.59. The molecule has 1 saturated heterocycles. The highest BCUT2D eigenvalue weighted by atomic mass is 15.0. The van der Waals surface area contributed by atoms with Gasteiger partial charge in [0.2, 0.25) is 0 Å². The van der Waals surface area contributed by atoms with Crippen molar-refractivity contribution in [3.63, 3.8) is 0 Å². The van der Waals surface area contributed by atoms with Gasteiger partial charge in [-0.25, -0.2) is 0 Å². The number of rotatable bonds is 2. The van der Waals surface area contributed by atoms with Crippen molar-refractivity contribution in [3.8, 4) is 0 Å². The molecule has 2 rings (SSSR count). The summed E-state index contributed by atoms with van der Waals surface area (Å²) in [4.78, 5) is 4.16. The number of nitrogens with one attached hydrogen (secondary N) is 1. The monoisotopic (exact) mass is 191 g/mol. The topological polar surface area (TPSA) is 50.9 Å². The van der Waals surface area contributed by atoms with Crippen LogP contribution in [0.25, 0.3) is 0 Å². The van der Waals surface area contributed by atoms with Crippen LogP contribution in [-0.4, -0.2) is 11.5 Å². The fraction of sp³-hybridized carbons (Fsp3) is 0.545. The molecule has 1 aromatic rings. The van der Waals surface area contributed by atoms with Crippen LogP contribution >= 0.6 is 0 Å². The van der Waals surface area contributed by atoms with E-state index in [2.05, 4.69) is 17.2 Å². The zero-order valence-corrected chi connectivity index (χ0v) is 8.59. The van der Waals surface area contributed by atoms with Gasteiger partial charge in [0, 0.05) is 29.2 Å². The lowest BCUT2D eigenvalue weighted by Gasteiger charge is -2.29. The highest BCUT2D eigenvalue weighted by Crippen LogP contribution is 2.36. The van der Waals surface area contributed by atoms with Gasteiger partial charge >= 0.3 is 0 Å². The lowest BCUT2D eigenvalue weighted by atomic mass is 9.86. The minimum atomic E-state index is 0.0817. The third kappa shape index (κ3) is 1.38. The van der Waals surface area contributed by atoms with Crippen molar-refractivity contribution in [1.82, 2.24) is 10.3 Å². The summed E-state index contributed by atoms with van der Waals surface area (Å²) in [5.74, 6) is 0. The Morgan fingerprint density at radius 3 is 3.07 bits per heavy atom. The molecule has 3 N–H and O–H groups in total. The third-order valence-electron chi connectivity index (χ3n) is 3.22.